The van der Waals surface area contributed by atoms with Crippen molar-refractivity contribution >= 4 is 17.4 Å². The molecule has 0 spiro atoms. The predicted molar refractivity (Wildman–Crippen MR) is 114 cm³/mol. The Bertz CT molecular complexity index is 1480. The summed E-state index contributed by atoms with van der Waals surface area (Å²) >= 11 is 0. The number of esters is 1. The van der Waals surface area contributed by atoms with Crippen molar-refractivity contribution in [3.8, 4) is 22.8 Å². The Labute approximate surface area is 199 Å². The molecule has 1 unspecified atom stereocenters. The van der Waals surface area contributed by atoms with Gasteiger partial charge in [-0.05, 0) is 37.1 Å². The van der Waals surface area contributed by atoms with Crippen molar-refractivity contribution in [2.75, 3.05) is 5.73 Å². The first-order valence-corrected chi connectivity index (χ1v) is 10.1. The fraction of sp³-hybridized carbons (Fsp3) is 0.286. The maximum Gasteiger partial charge on any atom is 0.491 e. The first kappa shape index (κ1) is 25.0. The average molecular weight is 511 g/mol. The van der Waals surface area contributed by atoms with Crippen LogP contribution in [0.3, 0.4) is 0 Å². The van der Waals surface area contributed by atoms with E-state index in [9.17, 15) is 31.9 Å². The van der Waals surface area contributed by atoms with Gasteiger partial charge < -0.3 is 15.6 Å². The third-order valence-corrected chi connectivity index (χ3v) is 5.53. The molecule has 3 aromatic heterocycles. The van der Waals surface area contributed by atoms with Gasteiger partial charge in [0.15, 0.2) is 22.9 Å². The molecule has 0 aliphatic carbocycles. The third-order valence-electron chi connectivity index (χ3n) is 5.53. The van der Waals surface area contributed by atoms with Gasteiger partial charge in [0, 0.05) is 18.8 Å². The number of fused-ring (bicyclic) bond motifs is 1. The second kappa shape index (κ2) is 8.22. The number of ether oxygens (including phenoxy) is 1. The Morgan fingerprint density at radius 1 is 1.14 bits per heavy atom. The van der Waals surface area contributed by atoms with Crippen molar-refractivity contribution in [3.63, 3.8) is 0 Å². The van der Waals surface area contributed by atoms with E-state index in [4.69, 9.17) is 5.73 Å². The Kier molecular flexibility index (Phi) is 5.70. The van der Waals surface area contributed by atoms with Crippen LogP contribution < -0.4 is 5.73 Å². The predicted octanol–water partition coefficient (Wildman–Crippen LogP) is 2.99. The average Bonchev–Trinajstić information content (AvgIpc) is 3.39. The molecule has 0 bridgehead atoms. The molecule has 0 radical (unpaired) electrons. The van der Waals surface area contributed by atoms with E-state index in [1.807, 2.05) is 0 Å². The number of alkyl halides is 5. The lowest BCUT2D eigenvalue weighted by Gasteiger charge is -2.32. The number of anilines is 1. The number of carbonyl (C=O) groups excluding carboxylic acids is 1. The molecule has 1 aromatic carbocycles. The van der Waals surface area contributed by atoms with E-state index >= 15 is 0 Å². The summed E-state index contributed by atoms with van der Waals surface area (Å²) in [6.45, 7) is 2.15. The van der Waals surface area contributed by atoms with Crippen LogP contribution in [0.5, 0.6) is 0 Å². The molecule has 1 atom stereocenters. The Morgan fingerprint density at radius 3 is 2.44 bits per heavy atom. The summed E-state index contributed by atoms with van der Waals surface area (Å²) in [4.78, 5) is 19.4. The van der Waals surface area contributed by atoms with Crippen molar-refractivity contribution < 1.29 is 36.6 Å². The van der Waals surface area contributed by atoms with Gasteiger partial charge in [-0.15, -0.1) is 5.10 Å². The molecule has 190 valence electrons. The number of aryl methyl sites for hydroxylation is 2. The zero-order valence-corrected chi connectivity index (χ0v) is 18.9. The van der Waals surface area contributed by atoms with Crippen molar-refractivity contribution in [2.45, 2.75) is 31.7 Å². The van der Waals surface area contributed by atoms with Crippen LogP contribution in [-0.2, 0) is 22.2 Å². The number of carbonyl (C=O) groups is 1. The van der Waals surface area contributed by atoms with Gasteiger partial charge in [-0.1, -0.05) is 12.1 Å². The number of aromatic nitrogens is 6. The fourth-order valence-electron chi connectivity index (χ4n) is 3.43. The van der Waals surface area contributed by atoms with E-state index in [-0.39, 0.29) is 28.5 Å². The molecule has 3 N–H and O–H groups in total. The van der Waals surface area contributed by atoms with Crippen molar-refractivity contribution in [3.05, 3.63) is 47.8 Å². The van der Waals surface area contributed by atoms with Crippen LogP contribution >= 0.6 is 0 Å². The number of hydrogen-bond acceptors (Lipinski definition) is 8. The second-order valence-corrected chi connectivity index (χ2v) is 8.05. The van der Waals surface area contributed by atoms with E-state index in [1.165, 1.54) is 27.7 Å². The smallest absolute Gasteiger partial charge is 0.392 e. The topological polar surface area (TPSA) is 133 Å². The number of benzene rings is 1. The first-order valence-electron chi connectivity index (χ1n) is 10.1. The van der Waals surface area contributed by atoms with Crippen LogP contribution in [0, 0.1) is 6.92 Å². The molecular weight excluding hydrogens is 493 g/mol. The highest BCUT2D eigenvalue weighted by Crippen LogP contribution is 2.41. The molecule has 4 rings (SSSR count). The number of nitrogens with two attached hydrogens (primary N) is 1. The molecule has 36 heavy (non-hydrogen) atoms. The van der Waals surface area contributed by atoms with E-state index in [0.29, 0.717) is 18.2 Å². The molecule has 4 aromatic rings. The highest BCUT2D eigenvalue weighted by molar-refractivity contribution is 5.76. The second-order valence-electron chi connectivity index (χ2n) is 8.05. The van der Waals surface area contributed by atoms with E-state index in [0.717, 1.165) is 12.1 Å². The lowest BCUT2D eigenvalue weighted by Crippen LogP contribution is -2.48. The number of nitrogen functional groups attached to an aromatic ring is 1. The molecule has 0 saturated carbocycles. The summed E-state index contributed by atoms with van der Waals surface area (Å²) < 4.78 is 72.7. The monoisotopic (exact) mass is 511 g/mol. The van der Waals surface area contributed by atoms with Crippen molar-refractivity contribution in [1.29, 1.82) is 0 Å². The minimum absolute atomic E-state index is 0.0128. The number of aliphatic hydroxyl groups is 1. The van der Waals surface area contributed by atoms with Gasteiger partial charge >= 0.3 is 18.3 Å². The normalized spacial score (nSPS) is 14.1. The number of halogens is 5. The molecule has 3 heterocycles. The third kappa shape index (κ3) is 4.10. The molecule has 0 aliphatic heterocycles. The Hall–Kier alpha value is -4.14. The van der Waals surface area contributed by atoms with E-state index < -0.39 is 29.4 Å². The van der Waals surface area contributed by atoms with Gasteiger partial charge in [0.25, 0.3) is 0 Å². The quantitative estimate of drug-likeness (QED) is 0.309. The number of nitrogens with zero attached hydrogens (tertiary/aromatic N) is 6. The summed E-state index contributed by atoms with van der Waals surface area (Å²) in [6, 6.07) is 5.18. The number of hydrogen-bond donors (Lipinski definition) is 2. The summed E-state index contributed by atoms with van der Waals surface area (Å²) in [7, 11) is 1.66. The minimum Gasteiger partial charge on any atom is -0.392 e. The zero-order chi connectivity index (χ0) is 26.6. The standard InChI is InChI=1S/C21H18F5N7O3/c1-10-4-5-11(19(2,35)21(25,26)36-18(34)20(22,23)24)8-12(10)14-9-28-17-15(27)30-16(31-33(14)17)13-6-7-29-32(13)3/h4-9,35H,1-3H3,(H2,27,30,31). The van der Waals surface area contributed by atoms with Crippen molar-refractivity contribution in [1.82, 2.24) is 29.4 Å². The molecule has 0 fully saturated rings. The summed E-state index contributed by atoms with van der Waals surface area (Å²) in [5, 5.41) is 19.0. The van der Waals surface area contributed by atoms with Gasteiger partial charge in [-0.3, -0.25) is 4.68 Å². The van der Waals surface area contributed by atoms with Crippen LogP contribution in [0.2, 0.25) is 0 Å². The van der Waals surface area contributed by atoms with Crippen LogP contribution in [0.4, 0.5) is 27.8 Å². The van der Waals surface area contributed by atoms with E-state index in [2.05, 4.69) is 24.9 Å². The van der Waals surface area contributed by atoms with Crippen LogP contribution in [0.1, 0.15) is 18.1 Å². The van der Waals surface area contributed by atoms with E-state index in [1.54, 1.807) is 20.0 Å². The molecule has 0 saturated heterocycles. The summed E-state index contributed by atoms with van der Waals surface area (Å²) in [5.41, 5.74) is 3.86. The van der Waals surface area contributed by atoms with Crippen LogP contribution in [0.25, 0.3) is 28.4 Å². The summed E-state index contributed by atoms with van der Waals surface area (Å²) in [6.07, 6.45) is -7.74. The number of rotatable bonds is 5. The van der Waals surface area contributed by atoms with Gasteiger partial charge in [0.05, 0.1) is 11.9 Å². The van der Waals surface area contributed by atoms with Crippen molar-refractivity contribution in [2.24, 2.45) is 7.05 Å². The summed E-state index contributed by atoms with van der Waals surface area (Å²) in [5.74, 6) is -2.94. The van der Waals surface area contributed by atoms with Gasteiger partial charge in [-0.2, -0.15) is 27.1 Å². The van der Waals surface area contributed by atoms with Gasteiger partial charge in [0.1, 0.15) is 5.69 Å². The maximum absolute atomic E-state index is 14.5. The maximum atomic E-state index is 14.5. The molecular formula is C21H18F5N7O3. The lowest BCUT2D eigenvalue weighted by molar-refractivity contribution is -0.327. The highest BCUT2D eigenvalue weighted by atomic mass is 19.4. The first-order chi connectivity index (χ1) is 16.6. The van der Waals surface area contributed by atoms with Crippen LogP contribution in [-0.4, -0.2) is 52.7 Å². The highest BCUT2D eigenvalue weighted by Gasteiger charge is 2.58. The Morgan fingerprint density at radius 2 is 1.83 bits per heavy atom. The largest absolute Gasteiger partial charge is 0.491 e. The van der Waals surface area contributed by atoms with Gasteiger partial charge in [0.2, 0.25) is 0 Å². The van der Waals surface area contributed by atoms with Gasteiger partial charge in [-0.25, -0.2) is 19.3 Å². The zero-order valence-electron chi connectivity index (χ0n) is 18.9. The Balaban J connectivity index is 1.82. The SMILES string of the molecule is Cc1ccc(C(C)(O)C(F)(F)OC(=O)C(F)(F)F)cc1-c1cnc2c(N)nc(-c3ccnn3C)nn12. The lowest BCUT2D eigenvalue weighted by atomic mass is 9.91. The molecule has 0 aliphatic rings. The molecule has 15 heteroatoms. The fourth-order valence-corrected chi connectivity index (χ4v) is 3.43. The molecule has 0 amide bonds. The minimum atomic E-state index is -5.68. The number of imidazole rings is 1. The molecule has 10 nitrogen and oxygen atoms in total. The van der Waals surface area contributed by atoms with Crippen LogP contribution in [0.15, 0.2) is 36.7 Å².